The number of pyridine rings is 1. The highest BCUT2D eigenvalue weighted by Crippen LogP contribution is 2.20. The molecule has 4 aromatic rings. The average molecular weight is 425 g/mol. The number of allylic oxidation sites excluding steroid dienone is 2. The fraction of sp³-hybridized carbons (Fsp3) is 0.192. The van der Waals surface area contributed by atoms with Gasteiger partial charge in [0.15, 0.2) is 5.82 Å². The molecule has 5 bridgehead atoms. The molecule has 0 saturated carbocycles. The van der Waals surface area contributed by atoms with Gasteiger partial charge in [-0.2, -0.15) is 5.10 Å². The van der Waals surface area contributed by atoms with Crippen LogP contribution in [0.2, 0.25) is 0 Å². The predicted octanol–water partition coefficient (Wildman–Crippen LogP) is 3.41. The van der Waals surface area contributed by atoms with Crippen molar-refractivity contribution in [3.05, 3.63) is 101 Å². The third kappa shape index (κ3) is 4.18. The average Bonchev–Trinajstić information content (AvgIpc) is 3.25. The third-order valence-electron chi connectivity index (χ3n) is 5.75. The molecule has 2 aliphatic rings. The van der Waals surface area contributed by atoms with Crippen LogP contribution in [0.4, 0.5) is 0 Å². The van der Waals surface area contributed by atoms with Crippen LogP contribution in [0.1, 0.15) is 27.0 Å². The number of aliphatic hydroxyl groups is 1. The lowest BCUT2D eigenvalue weighted by atomic mass is 10.0. The maximum Gasteiger partial charge on any atom is 0.255 e. The van der Waals surface area contributed by atoms with Crippen molar-refractivity contribution in [2.45, 2.75) is 25.3 Å². The van der Waals surface area contributed by atoms with Gasteiger partial charge in [0.05, 0.1) is 23.7 Å². The van der Waals surface area contributed by atoms with Crippen molar-refractivity contribution in [1.29, 1.82) is 0 Å². The van der Waals surface area contributed by atoms with Crippen molar-refractivity contribution in [3.8, 4) is 5.82 Å². The summed E-state index contributed by atoms with van der Waals surface area (Å²) >= 11 is 0. The van der Waals surface area contributed by atoms with Crippen LogP contribution in [0.15, 0.2) is 79.1 Å². The molecule has 0 saturated heterocycles. The number of hydrogen-bond donors (Lipinski definition) is 2. The number of benzene rings is 2. The van der Waals surface area contributed by atoms with Gasteiger partial charge in [-0.15, -0.1) is 0 Å². The standard InChI is InChI=1S/C26H24N4O2/c31-17-22-15-20-9-7-18(8-10-20)4-1-2-5-19-11-12-24-21(14-19)16-30(29-24)25-23(26(32)28-22)6-3-13-27-25/h1-3,6-14,16,22,31H,4-5,15,17H2,(H,28,32)/b2-1-/t22-/m0/s1. The SMILES string of the molecule is O=C1N[C@H](CO)Cc2ccc(cc2)C/C=C\Cc2ccc3nn(cc3c2)-c2ncccc21. The molecule has 1 amide bonds. The van der Waals surface area contributed by atoms with E-state index in [0.717, 1.165) is 29.3 Å². The van der Waals surface area contributed by atoms with Crippen molar-refractivity contribution in [3.63, 3.8) is 0 Å². The van der Waals surface area contributed by atoms with Crippen LogP contribution in [0.3, 0.4) is 0 Å². The number of fused-ring (bicyclic) bond motifs is 7. The summed E-state index contributed by atoms with van der Waals surface area (Å²) in [5.41, 5.74) is 4.75. The van der Waals surface area contributed by atoms with E-state index in [2.05, 4.69) is 63.9 Å². The van der Waals surface area contributed by atoms with E-state index in [-0.39, 0.29) is 12.5 Å². The van der Waals surface area contributed by atoms with Crippen LogP contribution in [-0.4, -0.2) is 38.4 Å². The Morgan fingerprint density at radius 3 is 2.56 bits per heavy atom. The number of nitrogens with zero attached hydrogens (tertiary/aromatic N) is 3. The molecule has 0 radical (unpaired) electrons. The number of rotatable bonds is 1. The molecule has 0 aliphatic carbocycles. The zero-order chi connectivity index (χ0) is 21.9. The van der Waals surface area contributed by atoms with Gasteiger partial charge in [-0.25, -0.2) is 9.67 Å². The fourth-order valence-electron chi connectivity index (χ4n) is 4.03. The van der Waals surface area contributed by atoms with E-state index in [4.69, 9.17) is 0 Å². The molecule has 2 aromatic carbocycles. The third-order valence-corrected chi connectivity index (χ3v) is 5.75. The molecule has 2 aromatic heterocycles. The minimum atomic E-state index is -0.400. The Bertz CT molecular complexity index is 1290. The second-order valence-corrected chi connectivity index (χ2v) is 8.09. The van der Waals surface area contributed by atoms with Gasteiger partial charge in [0, 0.05) is 17.8 Å². The maximum absolute atomic E-state index is 13.1. The van der Waals surface area contributed by atoms with Crippen LogP contribution in [-0.2, 0) is 19.3 Å². The Morgan fingerprint density at radius 2 is 1.75 bits per heavy atom. The molecular weight excluding hydrogens is 400 g/mol. The lowest BCUT2D eigenvalue weighted by Crippen LogP contribution is -2.39. The second-order valence-electron chi connectivity index (χ2n) is 8.09. The molecule has 32 heavy (non-hydrogen) atoms. The molecule has 0 unspecified atom stereocenters. The Morgan fingerprint density at radius 1 is 1.00 bits per heavy atom. The molecular formula is C26H24N4O2. The smallest absolute Gasteiger partial charge is 0.255 e. The molecule has 6 rings (SSSR count). The Kier molecular flexibility index (Phi) is 5.52. The summed E-state index contributed by atoms with van der Waals surface area (Å²) in [6, 6.07) is 17.6. The summed E-state index contributed by atoms with van der Waals surface area (Å²) < 4.78 is 1.65. The van der Waals surface area contributed by atoms with E-state index in [1.807, 2.05) is 12.3 Å². The largest absolute Gasteiger partial charge is 0.394 e. The van der Waals surface area contributed by atoms with E-state index >= 15 is 0 Å². The van der Waals surface area contributed by atoms with E-state index in [1.54, 1.807) is 23.0 Å². The molecule has 1 atom stereocenters. The number of nitrogens with one attached hydrogen (secondary N) is 1. The zero-order valence-corrected chi connectivity index (χ0v) is 17.6. The first-order chi connectivity index (χ1) is 15.7. The summed E-state index contributed by atoms with van der Waals surface area (Å²) in [6.45, 7) is -0.153. The number of carbonyl (C=O) groups is 1. The van der Waals surface area contributed by atoms with Gasteiger partial charge in [0.1, 0.15) is 0 Å². The zero-order valence-electron chi connectivity index (χ0n) is 17.6. The minimum Gasteiger partial charge on any atom is -0.394 e. The maximum atomic E-state index is 13.1. The van der Waals surface area contributed by atoms with Crippen LogP contribution in [0.25, 0.3) is 16.7 Å². The fourth-order valence-corrected chi connectivity index (χ4v) is 4.03. The molecule has 2 aliphatic heterocycles. The van der Waals surface area contributed by atoms with Crippen molar-refractivity contribution in [2.75, 3.05) is 6.61 Å². The molecule has 6 nitrogen and oxygen atoms in total. The highest BCUT2D eigenvalue weighted by molar-refractivity contribution is 5.97. The van der Waals surface area contributed by atoms with Crippen LogP contribution >= 0.6 is 0 Å². The highest BCUT2D eigenvalue weighted by Gasteiger charge is 2.19. The van der Waals surface area contributed by atoms with Gasteiger partial charge in [-0.1, -0.05) is 42.5 Å². The molecule has 6 heteroatoms. The summed E-state index contributed by atoms with van der Waals surface area (Å²) in [7, 11) is 0. The Balaban J connectivity index is 1.58. The topological polar surface area (TPSA) is 80.0 Å². The summed E-state index contributed by atoms with van der Waals surface area (Å²) in [4.78, 5) is 17.5. The van der Waals surface area contributed by atoms with E-state index in [9.17, 15) is 9.90 Å². The van der Waals surface area contributed by atoms with Crippen molar-refractivity contribution >= 4 is 16.8 Å². The first-order valence-corrected chi connectivity index (χ1v) is 10.8. The summed E-state index contributed by atoms with van der Waals surface area (Å²) in [6.07, 6.45) is 10.2. The normalized spacial score (nSPS) is 17.5. The number of amides is 1. The quantitative estimate of drug-likeness (QED) is 0.459. The Hall–Kier alpha value is -3.77. The lowest BCUT2D eigenvalue weighted by Gasteiger charge is -2.17. The lowest BCUT2D eigenvalue weighted by molar-refractivity contribution is 0.0916. The van der Waals surface area contributed by atoms with E-state index < -0.39 is 6.04 Å². The van der Waals surface area contributed by atoms with Crippen molar-refractivity contribution < 1.29 is 9.90 Å². The summed E-state index contributed by atoms with van der Waals surface area (Å²) in [5.74, 6) is 0.174. The number of aliphatic hydroxyl groups excluding tert-OH is 1. The first-order valence-electron chi connectivity index (χ1n) is 10.8. The monoisotopic (exact) mass is 424 g/mol. The second kappa shape index (κ2) is 8.77. The van der Waals surface area contributed by atoms with Gasteiger partial charge < -0.3 is 10.4 Å². The predicted molar refractivity (Wildman–Crippen MR) is 124 cm³/mol. The van der Waals surface area contributed by atoms with Crippen LogP contribution < -0.4 is 5.32 Å². The van der Waals surface area contributed by atoms with Gasteiger partial charge in [-0.05, 0) is 60.2 Å². The van der Waals surface area contributed by atoms with Crippen molar-refractivity contribution in [2.24, 2.45) is 0 Å². The van der Waals surface area contributed by atoms with Gasteiger partial charge in [-0.3, -0.25) is 4.79 Å². The molecule has 160 valence electrons. The van der Waals surface area contributed by atoms with Crippen LogP contribution in [0.5, 0.6) is 0 Å². The van der Waals surface area contributed by atoms with E-state index in [0.29, 0.717) is 17.8 Å². The summed E-state index contributed by atoms with van der Waals surface area (Å²) in [5, 5.41) is 18.5. The molecule has 0 spiro atoms. The first kappa shape index (κ1) is 20.2. The van der Waals surface area contributed by atoms with Crippen LogP contribution in [0, 0.1) is 0 Å². The number of carbonyl (C=O) groups excluding carboxylic acids is 1. The number of hydrogen-bond acceptors (Lipinski definition) is 4. The molecule has 0 fully saturated rings. The van der Waals surface area contributed by atoms with E-state index in [1.165, 1.54) is 11.1 Å². The van der Waals surface area contributed by atoms with Crippen molar-refractivity contribution in [1.82, 2.24) is 20.1 Å². The van der Waals surface area contributed by atoms with Gasteiger partial charge >= 0.3 is 0 Å². The van der Waals surface area contributed by atoms with Gasteiger partial charge in [0.25, 0.3) is 5.91 Å². The van der Waals surface area contributed by atoms with Gasteiger partial charge in [0.2, 0.25) is 0 Å². The molecule has 4 heterocycles. The minimum absolute atomic E-state index is 0.153. The number of aromatic nitrogens is 3. The Labute approximate surface area is 186 Å². The molecule has 2 N–H and O–H groups in total. The highest BCUT2D eigenvalue weighted by atomic mass is 16.3.